The van der Waals surface area contributed by atoms with Crippen molar-refractivity contribution < 1.29 is 9.21 Å². The van der Waals surface area contributed by atoms with Gasteiger partial charge in [0.15, 0.2) is 5.76 Å². The maximum Gasteiger partial charge on any atom is 0.291 e. The summed E-state index contributed by atoms with van der Waals surface area (Å²) >= 11 is 0. The number of nitriles is 1. The van der Waals surface area contributed by atoms with Gasteiger partial charge in [-0.25, -0.2) is 0 Å². The Morgan fingerprint density at radius 2 is 2.04 bits per heavy atom. The predicted octanol–water partition coefficient (Wildman–Crippen LogP) is 3.73. The third-order valence-electron chi connectivity index (χ3n) is 4.05. The molecule has 0 aliphatic carbocycles. The fraction of sp³-hybridized carbons (Fsp3) is 0.278. The summed E-state index contributed by atoms with van der Waals surface area (Å²) in [6.07, 6.45) is 3.48. The molecule has 1 aliphatic heterocycles. The first-order chi connectivity index (χ1) is 11.7. The molecule has 1 aromatic heterocycles. The minimum absolute atomic E-state index is 0.113. The van der Waals surface area contributed by atoms with Gasteiger partial charge in [0.25, 0.3) is 5.91 Å². The first-order valence-electron chi connectivity index (χ1n) is 7.88. The van der Waals surface area contributed by atoms with E-state index in [0.29, 0.717) is 5.69 Å². The monoisotopic (exact) mass is 322 g/mol. The van der Waals surface area contributed by atoms with E-state index in [1.165, 1.54) is 18.6 Å². The Labute approximate surface area is 140 Å². The number of piperidine rings is 1. The summed E-state index contributed by atoms with van der Waals surface area (Å²) in [5, 5.41) is 11.7. The second-order valence-corrected chi connectivity index (χ2v) is 5.64. The van der Waals surface area contributed by atoms with Gasteiger partial charge in [-0.3, -0.25) is 9.79 Å². The Kier molecular flexibility index (Phi) is 4.62. The molecule has 3 rings (SSSR count). The molecule has 0 unspecified atom stereocenters. The molecule has 1 aliphatic rings. The van der Waals surface area contributed by atoms with Crippen molar-refractivity contribution in [1.82, 2.24) is 0 Å². The molecule has 1 fully saturated rings. The molecule has 1 aromatic carbocycles. The Balaban J connectivity index is 1.87. The predicted molar refractivity (Wildman–Crippen MR) is 93.1 cm³/mol. The van der Waals surface area contributed by atoms with Gasteiger partial charge in [-0.2, -0.15) is 5.26 Å². The van der Waals surface area contributed by atoms with Crippen molar-refractivity contribution in [3.05, 3.63) is 41.9 Å². The van der Waals surface area contributed by atoms with E-state index in [9.17, 15) is 4.79 Å². The lowest BCUT2D eigenvalue weighted by molar-refractivity contribution is 0.0996. The van der Waals surface area contributed by atoms with E-state index in [0.717, 1.165) is 37.3 Å². The number of nitrogens with zero attached hydrogens (tertiary/aromatic N) is 3. The molecule has 0 atom stereocenters. The van der Waals surface area contributed by atoms with Crippen molar-refractivity contribution >= 4 is 29.7 Å². The van der Waals surface area contributed by atoms with Crippen LogP contribution in [0.1, 0.15) is 35.6 Å². The maximum absolute atomic E-state index is 12.4. The quantitative estimate of drug-likeness (QED) is 0.870. The lowest BCUT2D eigenvalue weighted by Gasteiger charge is -2.30. The molecule has 2 aromatic rings. The lowest BCUT2D eigenvalue weighted by Crippen LogP contribution is -2.30. The summed E-state index contributed by atoms with van der Waals surface area (Å²) in [6, 6.07) is 10.4. The van der Waals surface area contributed by atoms with E-state index < -0.39 is 0 Å². The number of carbonyl (C=O) groups excluding carboxylic acids is 1. The third-order valence-corrected chi connectivity index (χ3v) is 4.05. The average molecular weight is 322 g/mol. The van der Waals surface area contributed by atoms with Gasteiger partial charge in [0.05, 0.1) is 17.1 Å². The summed E-state index contributed by atoms with van der Waals surface area (Å²) in [5.41, 5.74) is 2.39. The van der Waals surface area contributed by atoms with Crippen LogP contribution in [0.15, 0.2) is 39.7 Å². The van der Waals surface area contributed by atoms with Crippen molar-refractivity contribution in [2.45, 2.75) is 19.3 Å². The van der Waals surface area contributed by atoms with Crippen LogP contribution in [0.5, 0.6) is 0 Å². The van der Waals surface area contributed by atoms with Crippen LogP contribution in [0.3, 0.4) is 0 Å². The zero-order valence-electron chi connectivity index (χ0n) is 13.3. The molecule has 0 spiro atoms. The number of aliphatic imine (C=N–C) groups is 1. The van der Waals surface area contributed by atoms with Gasteiger partial charge in [-0.15, -0.1) is 0 Å². The van der Waals surface area contributed by atoms with E-state index >= 15 is 0 Å². The number of anilines is 2. The average Bonchev–Trinajstić information content (AvgIpc) is 3.12. The van der Waals surface area contributed by atoms with Gasteiger partial charge < -0.3 is 14.6 Å². The van der Waals surface area contributed by atoms with Crippen LogP contribution >= 0.6 is 0 Å². The van der Waals surface area contributed by atoms with E-state index in [-0.39, 0.29) is 17.4 Å². The molecule has 6 heteroatoms. The molecule has 0 bridgehead atoms. The zero-order chi connectivity index (χ0) is 16.9. The molecule has 1 amide bonds. The largest absolute Gasteiger partial charge is 0.440 e. The number of hydrogen-bond acceptors (Lipinski definition) is 5. The highest BCUT2D eigenvalue weighted by atomic mass is 16.3. The lowest BCUT2D eigenvalue weighted by atomic mass is 10.1. The van der Waals surface area contributed by atoms with Crippen LogP contribution in [0.25, 0.3) is 0 Å². The Morgan fingerprint density at radius 3 is 2.71 bits per heavy atom. The SMILES string of the molecule is C=Nc1ccc(NC(=O)c2ccc(C#N)o2)c(N2CCCCC2)c1. The van der Waals surface area contributed by atoms with E-state index in [2.05, 4.69) is 21.9 Å². The van der Waals surface area contributed by atoms with Gasteiger partial charge in [-0.1, -0.05) is 0 Å². The summed E-state index contributed by atoms with van der Waals surface area (Å²) in [4.78, 5) is 18.6. The summed E-state index contributed by atoms with van der Waals surface area (Å²) in [7, 11) is 0. The number of rotatable bonds is 4. The topological polar surface area (TPSA) is 81.6 Å². The number of carbonyl (C=O) groups is 1. The Bertz CT molecular complexity index is 798. The zero-order valence-corrected chi connectivity index (χ0v) is 13.3. The van der Waals surface area contributed by atoms with Crippen LogP contribution in [0.4, 0.5) is 17.1 Å². The molecule has 1 N–H and O–H groups in total. The first-order valence-corrected chi connectivity index (χ1v) is 7.88. The molecular weight excluding hydrogens is 304 g/mol. The second kappa shape index (κ2) is 7.01. The number of amides is 1. The van der Waals surface area contributed by atoms with Crippen molar-refractivity contribution in [3.8, 4) is 6.07 Å². The van der Waals surface area contributed by atoms with Gasteiger partial charge in [0.2, 0.25) is 5.76 Å². The number of furan rings is 1. The van der Waals surface area contributed by atoms with Crippen molar-refractivity contribution in [1.29, 1.82) is 5.26 Å². The smallest absolute Gasteiger partial charge is 0.291 e. The number of nitrogens with one attached hydrogen (secondary N) is 1. The Morgan fingerprint density at radius 1 is 1.25 bits per heavy atom. The fourth-order valence-electron chi connectivity index (χ4n) is 2.82. The highest BCUT2D eigenvalue weighted by molar-refractivity contribution is 6.04. The molecule has 24 heavy (non-hydrogen) atoms. The van der Waals surface area contributed by atoms with Crippen LogP contribution < -0.4 is 10.2 Å². The minimum atomic E-state index is -0.380. The molecule has 0 radical (unpaired) electrons. The molecule has 0 saturated carbocycles. The van der Waals surface area contributed by atoms with Crippen LogP contribution in [-0.4, -0.2) is 25.7 Å². The molecule has 2 heterocycles. The number of hydrogen-bond donors (Lipinski definition) is 1. The standard InChI is InChI=1S/C18H18N4O2/c1-20-13-5-7-15(16(11-13)22-9-3-2-4-10-22)21-18(23)17-8-6-14(12-19)24-17/h5-8,11H,1-4,9-10H2,(H,21,23). The molecule has 122 valence electrons. The minimum Gasteiger partial charge on any atom is -0.440 e. The molecular formula is C18H18N4O2. The van der Waals surface area contributed by atoms with Gasteiger partial charge >= 0.3 is 0 Å². The first kappa shape index (κ1) is 15.8. The summed E-state index contributed by atoms with van der Waals surface area (Å²) in [6.45, 7) is 5.46. The second-order valence-electron chi connectivity index (χ2n) is 5.64. The van der Waals surface area contributed by atoms with E-state index in [4.69, 9.17) is 9.68 Å². The van der Waals surface area contributed by atoms with Gasteiger partial charge in [0.1, 0.15) is 6.07 Å². The van der Waals surface area contributed by atoms with E-state index in [1.807, 2.05) is 18.2 Å². The Hall–Kier alpha value is -3.07. The summed E-state index contributed by atoms with van der Waals surface area (Å²) < 4.78 is 5.18. The van der Waals surface area contributed by atoms with Gasteiger partial charge in [0, 0.05) is 13.1 Å². The van der Waals surface area contributed by atoms with Crippen LogP contribution in [0.2, 0.25) is 0 Å². The van der Waals surface area contributed by atoms with E-state index in [1.54, 1.807) is 6.07 Å². The van der Waals surface area contributed by atoms with Crippen molar-refractivity contribution in [2.24, 2.45) is 4.99 Å². The fourth-order valence-corrected chi connectivity index (χ4v) is 2.82. The third kappa shape index (κ3) is 3.30. The van der Waals surface area contributed by atoms with Crippen molar-refractivity contribution in [2.75, 3.05) is 23.3 Å². The summed E-state index contributed by atoms with van der Waals surface area (Å²) in [5.74, 6) is -0.154. The normalized spacial score (nSPS) is 14.0. The van der Waals surface area contributed by atoms with Crippen LogP contribution in [0, 0.1) is 11.3 Å². The van der Waals surface area contributed by atoms with Crippen LogP contribution in [-0.2, 0) is 0 Å². The maximum atomic E-state index is 12.4. The molecule has 6 nitrogen and oxygen atoms in total. The number of benzene rings is 1. The van der Waals surface area contributed by atoms with Gasteiger partial charge in [-0.05, 0) is 56.3 Å². The highest BCUT2D eigenvalue weighted by Crippen LogP contribution is 2.32. The molecule has 1 saturated heterocycles. The van der Waals surface area contributed by atoms with Crippen molar-refractivity contribution in [3.63, 3.8) is 0 Å². The highest BCUT2D eigenvalue weighted by Gasteiger charge is 2.18.